The Labute approximate surface area is 200 Å². The van der Waals surface area contributed by atoms with E-state index in [0.717, 1.165) is 48.5 Å². The Morgan fingerprint density at radius 1 is 1.09 bits per heavy atom. The Bertz CT molecular complexity index is 1120. The Kier molecular flexibility index (Phi) is 7.45. The van der Waals surface area contributed by atoms with Gasteiger partial charge >= 0.3 is 6.18 Å². The normalized spacial score (nSPS) is 14.8. The number of hydrogen-bond donors (Lipinski definition) is 2. The van der Waals surface area contributed by atoms with Crippen molar-refractivity contribution < 1.29 is 18.0 Å². The van der Waals surface area contributed by atoms with Crippen LogP contribution < -0.4 is 11.1 Å². The summed E-state index contributed by atoms with van der Waals surface area (Å²) in [6.07, 6.45) is 1.11. The number of aromatic nitrogens is 3. The van der Waals surface area contributed by atoms with Gasteiger partial charge in [-0.25, -0.2) is 0 Å². The number of nitrogens with one attached hydrogen (secondary N) is 1. The van der Waals surface area contributed by atoms with Crippen LogP contribution in [0.15, 0.2) is 53.7 Å². The summed E-state index contributed by atoms with van der Waals surface area (Å²) in [5.41, 5.74) is 6.49. The van der Waals surface area contributed by atoms with Crippen LogP contribution in [0, 0.1) is 0 Å². The summed E-state index contributed by atoms with van der Waals surface area (Å²) in [6.45, 7) is 0.276. The number of hydrogen-bond acceptors (Lipinski definition) is 5. The molecule has 34 heavy (non-hydrogen) atoms. The molecule has 2 aromatic carbocycles. The summed E-state index contributed by atoms with van der Waals surface area (Å²) in [6, 6.07) is 12.6. The highest BCUT2D eigenvalue weighted by Gasteiger charge is 2.30. The third kappa shape index (κ3) is 5.91. The molecule has 0 atom stereocenters. The molecule has 1 heterocycles. The Hall–Kier alpha value is -3.01. The van der Waals surface area contributed by atoms with Crippen LogP contribution in [0.4, 0.5) is 18.9 Å². The first kappa shape index (κ1) is 24.1. The van der Waals surface area contributed by atoms with E-state index in [4.69, 9.17) is 5.73 Å². The van der Waals surface area contributed by atoms with Crippen LogP contribution in [0.25, 0.3) is 0 Å². The van der Waals surface area contributed by atoms with E-state index in [2.05, 4.69) is 20.1 Å². The Morgan fingerprint density at radius 2 is 1.82 bits per heavy atom. The second-order valence-electron chi connectivity index (χ2n) is 8.34. The zero-order chi connectivity index (χ0) is 24.1. The first-order valence-corrected chi connectivity index (χ1v) is 12.2. The second-order valence-corrected chi connectivity index (χ2v) is 9.29. The van der Waals surface area contributed by atoms with Crippen molar-refractivity contribution in [1.82, 2.24) is 14.8 Å². The molecule has 0 unspecified atom stereocenters. The Morgan fingerprint density at radius 3 is 2.50 bits per heavy atom. The number of nitrogens with two attached hydrogens (primary N) is 1. The molecular formula is C24H26F3N5OS. The molecule has 0 aliphatic heterocycles. The molecule has 0 radical (unpaired) electrons. The van der Waals surface area contributed by atoms with Gasteiger partial charge in [-0.3, -0.25) is 4.79 Å². The smallest absolute Gasteiger partial charge is 0.378 e. The molecule has 1 aliphatic rings. The number of primary amides is 1. The lowest BCUT2D eigenvalue weighted by Crippen LogP contribution is -2.18. The highest BCUT2D eigenvalue weighted by atomic mass is 32.2. The number of halogens is 3. The van der Waals surface area contributed by atoms with E-state index >= 15 is 0 Å². The molecule has 0 bridgehead atoms. The van der Waals surface area contributed by atoms with E-state index in [1.807, 2.05) is 12.1 Å². The molecule has 1 saturated carbocycles. The summed E-state index contributed by atoms with van der Waals surface area (Å²) < 4.78 is 41.3. The standard InChI is InChI=1S/C24H26F3N5OS/c25-24(26,27)18-5-4-6-19(13-18)29-14-21-30-31-23(32(21)20-7-2-1-3-8-20)34-15-16-9-11-17(12-10-16)22(28)33/h4-6,9-13,20,29H,1-3,7-8,14-15H2,(H2,28,33). The highest BCUT2D eigenvalue weighted by molar-refractivity contribution is 7.98. The zero-order valence-corrected chi connectivity index (χ0v) is 19.3. The van der Waals surface area contributed by atoms with Gasteiger partial charge in [-0.15, -0.1) is 10.2 Å². The van der Waals surface area contributed by atoms with Crippen molar-refractivity contribution in [2.24, 2.45) is 5.73 Å². The van der Waals surface area contributed by atoms with Crippen molar-refractivity contribution in [3.05, 3.63) is 71.0 Å². The Balaban J connectivity index is 1.50. The number of anilines is 1. The first-order chi connectivity index (χ1) is 16.3. The SMILES string of the molecule is NC(=O)c1ccc(CSc2nnc(CNc3cccc(C(F)(F)F)c3)n2C2CCCCC2)cc1. The minimum atomic E-state index is -4.39. The van der Waals surface area contributed by atoms with Gasteiger partial charge in [0.15, 0.2) is 11.0 Å². The summed E-state index contributed by atoms with van der Waals surface area (Å²) >= 11 is 1.55. The first-order valence-electron chi connectivity index (χ1n) is 11.2. The maximum absolute atomic E-state index is 13.0. The molecular weight excluding hydrogens is 463 g/mol. The van der Waals surface area contributed by atoms with Crippen molar-refractivity contribution in [3.8, 4) is 0 Å². The molecule has 3 aromatic rings. The van der Waals surface area contributed by atoms with Gasteiger partial charge in [0.25, 0.3) is 0 Å². The quantitative estimate of drug-likeness (QED) is 0.390. The van der Waals surface area contributed by atoms with Crippen molar-refractivity contribution in [2.75, 3.05) is 5.32 Å². The average molecular weight is 490 g/mol. The number of benzene rings is 2. The van der Waals surface area contributed by atoms with Crippen LogP contribution in [0.3, 0.4) is 0 Å². The van der Waals surface area contributed by atoms with Gasteiger partial charge in [0, 0.05) is 23.0 Å². The lowest BCUT2D eigenvalue weighted by molar-refractivity contribution is -0.137. The lowest BCUT2D eigenvalue weighted by Gasteiger charge is -2.25. The second kappa shape index (κ2) is 10.5. The minimum absolute atomic E-state index is 0.266. The molecule has 1 amide bonds. The van der Waals surface area contributed by atoms with Crippen molar-refractivity contribution in [1.29, 1.82) is 0 Å². The van der Waals surface area contributed by atoms with Crippen LogP contribution >= 0.6 is 11.8 Å². The average Bonchev–Trinajstić information content (AvgIpc) is 3.24. The van der Waals surface area contributed by atoms with Crippen molar-refractivity contribution >= 4 is 23.4 Å². The number of carbonyl (C=O) groups is 1. The highest BCUT2D eigenvalue weighted by Crippen LogP contribution is 2.34. The van der Waals surface area contributed by atoms with E-state index in [1.54, 1.807) is 30.0 Å². The maximum atomic E-state index is 13.0. The zero-order valence-electron chi connectivity index (χ0n) is 18.5. The molecule has 3 N–H and O–H groups in total. The lowest BCUT2D eigenvalue weighted by atomic mass is 9.95. The fraction of sp³-hybridized carbons (Fsp3) is 0.375. The van der Waals surface area contributed by atoms with Crippen LogP contribution in [0.1, 0.15) is 65.5 Å². The number of amides is 1. The van der Waals surface area contributed by atoms with E-state index < -0.39 is 17.6 Å². The topological polar surface area (TPSA) is 85.8 Å². The summed E-state index contributed by atoms with van der Waals surface area (Å²) in [5, 5.41) is 12.6. The van der Waals surface area contributed by atoms with Crippen molar-refractivity contribution in [2.45, 2.75) is 61.8 Å². The van der Waals surface area contributed by atoms with Crippen LogP contribution in [0.5, 0.6) is 0 Å². The molecule has 180 valence electrons. The number of thioether (sulfide) groups is 1. The fourth-order valence-electron chi connectivity index (χ4n) is 4.13. The van der Waals surface area contributed by atoms with Gasteiger partial charge in [0.05, 0.1) is 12.1 Å². The number of alkyl halides is 3. The van der Waals surface area contributed by atoms with E-state index in [-0.39, 0.29) is 12.6 Å². The van der Waals surface area contributed by atoms with Crippen LogP contribution in [-0.4, -0.2) is 20.7 Å². The van der Waals surface area contributed by atoms with Crippen molar-refractivity contribution in [3.63, 3.8) is 0 Å². The van der Waals surface area contributed by atoms with Gasteiger partial charge in [-0.1, -0.05) is 49.2 Å². The van der Waals surface area contributed by atoms with Gasteiger partial charge in [0.2, 0.25) is 5.91 Å². The van der Waals surface area contributed by atoms with E-state index in [9.17, 15) is 18.0 Å². The summed E-state index contributed by atoms with van der Waals surface area (Å²) in [4.78, 5) is 11.3. The number of rotatable bonds is 8. The number of carbonyl (C=O) groups excluding carboxylic acids is 1. The van der Waals surface area contributed by atoms with Gasteiger partial charge in [0.1, 0.15) is 0 Å². The molecule has 0 spiro atoms. The molecule has 1 fully saturated rings. The molecule has 6 nitrogen and oxygen atoms in total. The molecule has 0 saturated heterocycles. The van der Waals surface area contributed by atoms with E-state index in [1.165, 1.54) is 12.5 Å². The number of nitrogens with zero attached hydrogens (tertiary/aromatic N) is 3. The fourth-order valence-corrected chi connectivity index (χ4v) is 5.11. The molecule has 10 heteroatoms. The van der Waals surface area contributed by atoms with Gasteiger partial charge in [-0.2, -0.15) is 13.2 Å². The predicted octanol–water partition coefficient (Wildman–Crippen LogP) is 5.81. The third-order valence-corrected chi connectivity index (χ3v) is 6.94. The van der Waals surface area contributed by atoms with Gasteiger partial charge < -0.3 is 15.6 Å². The van der Waals surface area contributed by atoms with E-state index in [0.29, 0.717) is 22.8 Å². The van der Waals surface area contributed by atoms with Crippen LogP contribution in [0.2, 0.25) is 0 Å². The molecule has 1 aromatic heterocycles. The largest absolute Gasteiger partial charge is 0.416 e. The van der Waals surface area contributed by atoms with Gasteiger partial charge in [-0.05, 0) is 48.7 Å². The maximum Gasteiger partial charge on any atom is 0.416 e. The van der Waals surface area contributed by atoms with Crippen LogP contribution in [-0.2, 0) is 18.5 Å². The predicted molar refractivity (Wildman–Crippen MR) is 125 cm³/mol. The summed E-state index contributed by atoms with van der Waals surface area (Å²) in [5.74, 6) is 0.885. The molecule has 1 aliphatic carbocycles. The minimum Gasteiger partial charge on any atom is -0.378 e. The third-order valence-electron chi connectivity index (χ3n) is 5.92. The summed E-state index contributed by atoms with van der Waals surface area (Å²) in [7, 11) is 0. The monoisotopic (exact) mass is 489 g/mol. The molecule has 4 rings (SSSR count).